The standard InChI is InChI=1S/C20H18ClN5OS2/c1-11-7-13(3)17(15(21)8-11)23-19-24-25-20(29-19)28-10-14-9-16(27)26-6-4-5-12(2)18(26)22-14/h4-9H,10H2,1-3H3,(H,23,24). The van der Waals surface area contributed by atoms with E-state index in [4.69, 9.17) is 11.6 Å². The van der Waals surface area contributed by atoms with Crippen LogP contribution in [0.1, 0.15) is 22.4 Å². The normalized spacial score (nSPS) is 11.2. The Morgan fingerprint density at radius 1 is 1.17 bits per heavy atom. The molecular weight excluding hydrogens is 426 g/mol. The molecule has 0 aliphatic carbocycles. The minimum atomic E-state index is -0.0848. The Labute approximate surface area is 181 Å². The Morgan fingerprint density at radius 2 is 2.00 bits per heavy atom. The number of thioether (sulfide) groups is 1. The molecule has 3 heterocycles. The lowest BCUT2D eigenvalue weighted by Crippen LogP contribution is -2.15. The fraction of sp³-hybridized carbons (Fsp3) is 0.200. The molecule has 1 aromatic carbocycles. The third-order valence-electron chi connectivity index (χ3n) is 4.35. The van der Waals surface area contributed by atoms with E-state index in [0.717, 1.165) is 32.4 Å². The number of benzene rings is 1. The van der Waals surface area contributed by atoms with Gasteiger partial charge in [-0.2, -0.15) is 0 Å². The van der Waals surface area contributed by atoms with Crippen LogP contribution in [0.4, 0.5) is 10.8 Å². The Balaban J connectivity index is 1.50. The van der Waals surface area contributed by atoms with Crippen LogP contribution in [0.25, 0.3) is 5.65 Å². The van der Waals surface area contributed by atoms with Crippen molar-refractivity contribution >= 4 is 51.2 Å². The summed E-state index contributed by atoms with van der Waals surface area (Å²) in [4.78, 5) is 16.9. The van der Waals surface area contributed by atoms with Crippen molar-refractivity contribution in [3.05, 3.63) is 74.3 Å². The highest BCUT2D eigenvalue weighted by atomic mass is 35.5. The fourth-order valence-corrected chi connectivity index (χ4v) is 5.04. The molecule has 4 rings (SSSR count). The lowest BCUT2D eigenvalue weighted by Gasteiger charge is -2.09. The molecule has 4 aromatic rings. The zero-order valence-electron chi connectivity index (χ0n) is 16.1. The van der Waals surface area contributed by atoms with Crippen molar-refractivity contribution in [3.8, 4) is 0 Å². The van der Waals surface area contributed by atoms with Crippen LogP contribution < -0.4 is 10.9 Å². The van der Waals surface area contributed by atoms with Gasteiger partial charge in [-0.15, -0.1) is 10.2 Å². The van der Waals surface area contributed by atoms with Crippen molar-refractivity contribution in [2.45, 2.75) is 30.9 Å². The zero-order valence-corrected chi connectivity index (χ0v) is 18.5. The minimum Gasteiger partial charge on any atom is -0.329 e. The second-order valence-corrected chi connectivity index (χ2v) is 9.30. The number of aryl methyl sites for hydroxylation is 3. The number of nitrogens with zero attached hydrogens (tertiary/aromatic N) is 4. The van der Waals surface area contributed by atoms with Crippen molar-refractivity contribution in [2.24, 2.45) is 0 Å². The summed E-state index contributed by atoms with van der Waals surface area (Å²) in [6.45, 7) is 5.96. The first-order valence-electron chi connectivity index (χ1n) is 8.88. The Morgan fingerprint density at radius 3 is 2.79 bits per heavy atom. The predicted octanol–water partition coefficient (Wildman–Crippen LogP) is 5.16. The number of hydrogen-bond donors (Lipinski definition) is 1. The van der Waals surface area contributed by atoms with E-state index in [1.807, 2.05) is 39.0 Å². The van der Waals surface area contributed by atoms with Crippen molar-refractivity contribution in [1.82, 2.24) is 19.6 Å². The maximum Gasteiger partial charge on any atom is 0.258 e. The van der Waals surface area contributed by atoms with Gasteiger partial charge in [0.05, 0.1) is 16.4 Å². The van der Waals surface area contributed by atoms with E-state index >= 15 is 0 Å². The van der Waals surface area contributed by atoms with Crippen molar-refractivity contribution in [2.75, 3.05) is 5.32 Å². The van der Waals surface area contributed by atoms with Gasteiger partial charge in [0.1, 0.15) is 5.65 Å². The number of aromatic nitrogens is 4. The van der Waals surface area contributed by atoms with Crippen molar-refractivity contribution in [1.29, 1.82) is 0 Å². The van der Waals surface area contributed by atoms with E-state index in [1.165, 1.54) is 23.1 Å². The summed E-state index contributed by atoms with van der Waals surface area (Å²) in [5, 5.41) is 13.0. The Kier molecular flexibility index (Phi) is 5.58. The molecule has 0 saturated heterocycles. The first kappa shape index (κ1) is 19.9. The van der Waals surface area contributed by atoms with E-state index in [-0.39, 0.29) is 5.56 Å². The molecule has 0 atom stereocenters. The molecular formula is C20H18ClN5OS2. The maximum atomic E-state index is 12.3. The molecule has 0 aliphatic rings. The highest BCUT2D eigenvalue weighted by Crippen LogP contribution is 2.34. The van der Waals surface area contributed by atoms with Gasteiger partial charge < -0.3 is 5.32 Å². The quantitative estimate of drug-likeness (QED) is 0.429. The lowest BCUT2D eigenvalue weighted by atomic mass is 10.1. The molecule has 0 aliphatic heterocycles. The SMILES string of the molecule is Cc1cc(C)c(Nc2nnc(SCc3cc(=O)n4cccc(C)c4n3)s2)c(Cl)c1. The molecule has 29 heavy (non-hydrogen) atoms. The van der Waals surface area contributed by atoms with E-state index < -0.39 is 0 Å². The van der Waals surface area contributed by atoms with Gasteiger partial charge in [0, 0.05) is 18.0 Å². The third-order valence-corrected chi connectivity index (χ3v) is 6.66. The van der Waals surface area contributed by atoms with E-state index in [0.29, 0.717) is 21.6 Å². The lowest BCUT2D eigenvalue weighted by molar-refractivity contribution is 0.994. The molecule has 9 heteroatoms. The molecule has 0 radical (unpaired) electrons. The summed E-state index contributed by atoms with van der Waals surface area (Å²) in [7, 11) is 0. The first-order valence-corrected chi connectivity index (χ1v) is 11.1. The second kappa shape index (κ2) is 8.14. The first-order chi connectivity index (χ1) is 13.9. The van der Waals surface area contributed by atoms with Crippen molar-refractivity contribution in [3.63, 3.8) is 0 Å². The summed E-state index contributed by atoms with van der Waals surface area (Å²) in [6, 6.07) is 9.34. The molecule has 0 bridgehead atoms. The van der Waals surface area contributed by atoms with Gasteiger partial charge in [0.2, 0.25) is 5.13 Å². The number of hydrogen-bond acceptors (Lipinski definition) is 7. The van der Waals surface area contributed by atoms with E-state index in [9.17, 15) is 4.79 Å². The van der Waals surface area contributed by atoms with Gasteiger partial charge >= 0.3 is 0 Å². The van der Waals surface area contributed by atoms with Gasteiger partial charge in [-0.1, -0.05) is 46.8 Å². The number of anilines is 2. The van der Waals surface area contributed by atoms with Crippen LogP contribution in [-0.4, -0.2) is 19.6 Å². The summed E-state index contributed by atoms with van der Waals surface area (Å²) in [5.41, 5.74) is 5.28. The number of pyridine rings is 1. The molecule has 0 saturated carbocycles. The largest absolute Gasteiger partial charge is 0.329 e. The maximum absolute atomic E-state index is 12.3. The number of halogens is 1. The van der Waals surface area contributed by atoms with E-state index in [2.05, 4.69) is 26.6 Å². The number of rotatable bonds is 5. The van der Waals surface area contributed by atoms with Crippen LogP contribution >= 0.6 is 34.7 Å². The van der Waals surface area contributed by atoms with Crippen LogP contribution in [0.2, 0.25) is 5.02 Å². The summed E-state index contributed by atoms with van der Waals surface area (Å²) < 4.78 is 2.35. The van der Waals surface area contributed by atoms with Crippen LogP contribution in [-0.2, 0) is 5.75 Å². The van der Waals surface area contributed by atoms with Gasteiger partial charge in [0.25, 0.3) is 5.56 Å². The highest BCUT2D eigenvalue weighted by molar-refractivity contribution is 8.00. The topological polar surface area (TPSA) is 72.2 Å². The molecule has 148 valence electrons. The van der Waals surface area contributed by atoms with Crippen molar-refractivity contribution < 1.29 is 0 Å². The molecule has 0 unspecified atom stereocenters. The fourth-order valence-electron chi connectivity index (χ4n) is 3.02. The van der Waals surface area contributed by atoms with Crippen LogP contribution in [0.15, 0.2) is 45.7 Å². The average molecular weight is 444 g/mol. The third kappa shape index (κ3) is 4.29. The molecule has 0 amide bonds. The Bertz CT molecular complexity index is 1240. The summed E-state index contributed by atoms with van der Waals surface area (Å²) >= 11 is 9.30. The number of fused-ring (bicyclic) bond motifs is 1. The average Bonchev–Trinajstić information content (AvgIpc) is 3.11. The van der Waals surface area contributed by atoms with Gasteiger partial charge in [-0.25, -0.2) is 4.98 Å². The highest BCUT2D eigenvalue weighted by Gasteiger charge is 2.11. The van der Waals surface area contributed by atoms with Gasteiger partial charge in [-0.05, 0) is 49.6 Å². The smallest absolute Gasteiger partial charge is 0.258 e. The predicted molar refractivity (Wildman–Crippen MR) is 120 cm³/mol. The van der Waals surface area contributed by atoms with Crippen LogP contribution in [0.3, 0.4) is 0 Å². The van der Waals surface area contributed by atoms with Crippen LogP contribution in [0, 0.1) is 20.8 Å². The molecule has 0 spiro atoms. The summed E-state index contributed by atoms with van der Waals surface area (Å²) in [5.74, 6) is 0.541. The Hall–Kier alpha value is -2.42. The van der Waals surface area contributed by atoms with E-state index in [1.54, 1.807) is 16.7 Å². The van der Waals surface area contributed by atoms with Crippen LogP contribution in [0.5, 0.6) is 0 Å². The molecule has 6 nitrogen and oxygen atoms in total. The summed E-state index contributed by atoms with van der Waals surface area (Å²) in [6.07, 6.45) is 1.73. The van der Waals surface area contributed by atoms with Gasteiger partial charge in [-0.3, -0.25) is 9.20 Å². The zero-order chi connectivity index (χ0) is 20.5. The second-order valence-electron chi connectivity index (χ2n) is 6.70. The van der Waals surface area contributed by atoms with Gasteiger partial charge in [0.15, 0.2) is 4.34 Å². The monoisotopic (exact) mass is 443 g/mol. The molecule has 1 N–H and O–H groups in total. The number of nitrogens with one attached hydrogen (secondary N) is 1. The minimum absolute atomic E-state index is 0.0848. The molecule has 3 aromatic heterocycles. The molecule has 0 fully saturated rings.